The van der Waals surface area contributed by atoms with E-state index in [1.165, 1.54) is 79.1 Å². The first-order chi connectivity index (χ1) is 17.2. The molecule has 0 unspecified atom stereocenters. The summed E-state index contributed by atoms with van der Waals surface area (Å²) in [7, 11) is 0. The first-order valence-corrected chi connectivity index (χ1v) is 14.2. The normalized spacial score (nSPS) is 18.9. The van der Waals surface area contributed by atoms with Crippen LogP contribution in [0.5, 0.6) is 0 Å². The lowest BCUT2D eigenvalue weighted by atomic mass is 9.89. The third-order valence-corrected chi connectivity index (χ3v) is 9.13. The molecular weight excluding hydrogens is 472 g/mol. The van der Waals surface area contributed by atoms with Crippen molar-refractivity contribution in [2.24, 2.45) is 16.9 Å². The number of amides is 1. The quantitative estimate of drug-likeness (QED) is 0.452. The van der Waals surface area contributed by atoms with Gasteiger partial charge in [-0.2, -0.15) is 0 Å². The molecule has 2 heterocycles. The molecule has 0 atom stereocenters. The molecule has 5 rings (SSSR count). The van der Waals surface area contributed by atoms with Gasteiger partial charge in [-0.3, -0.25) is 9.59 Å². The first kappa shape index (κ1) is 26.6. The number of carbonyl (C=O) groups is 2. The summed E-state index contributed by atoms with van der Waals surface area (Å²) in [6.07, 6.45) is 12.2. The molecule has 1 aromatic carbocycles. The molecule has 8 heteroatoms. The van der Waals surface area contributed by atoms with E-state index in [-0.39, 0.29) is 12.5 Å². The summed E-state index contributed by atoms with van der Waals surface area (Å²) >= 11 is 2.06. The van der Waals surface area contributed by atoms with Gasteiger partial charge in [0.1, 0.15) is 0 Å². The number of nitrogens with zero attached hydrogens (tertiary/aromatic N) is 1. The number of hydrogen-bond donors (Lipinski definition) is 4. The average Bonchev–Trinajstić information content (AvgIpc) is 3.17. The Morgan fingerprint density at radius 2 is 1.81 bits per heavy atom. The molecule has 0 radical (unpaired) electrons. The van der Waals surface area contributed by atoms with Gasteiger partial charge in [-0.1, -0.05) is 33.1 Å². The van der Waals surface area contributed by atoms with E-state index in [9.17, 15) is 9.59 Å². The van der Waals surface area contributed by atoms with Gasteiger partial charge in [-0.05, 0) is 74.1 Å². The number of nitrogens with two attached hydrogens (primary N) is 2. The van der Waals surface area contributed by atoms with E-state index < -0.39 is 5.97 Å². The summed E-state index contributed by atoms with van der Waals surface area (Å²) in [5, 5.41) is 11.3. The largest absolute Gasteiger partial charge is 0.480 e. The third kappa shape index (κ3) is 5.92. The Morgan fingerprint density at radius 1 is 1.11 bits per heavy atom. The maximum Gasteiger partial charge on any atom is 0.317 e. The lowest BCUT2D eigenvalue weighted by Crippen LogP contribution is -2.25. The van der Waals surface area contributed by atoms with Gasteiger partial charge in [0.15, 0.2) is 0 Å². The van der Waals surface area contributed by atoms with Crippen LogP contribution >= 0.6 is 11.8 Å². The summed E-state index contributed by atoms with van der Waals surface area (Å²) in [5.74, 6) is -0.130. The Morgan fingerprint density at radius 3 is 2.47 bits per heavy atom. The summed E-state index contributed by atoms with van der Waals surface area (Å²) in [4.78, 5) is 23.0. The highest BCUT2D eigenvalue weighted by atomic mass is 32.2. The predicted molar refractivity (Wildman–Crippen MR) is 146 cm³/mol. The molecule has 36 heavy (non-hydrogen) atoms. The minimum absolute atomic E-state index is 0.278. The molecule has 196 valence electrons. The topological polar surface area (TPSA) is 123 Å². The molecule has 3 aliphatic rings. The number of hydrogen-bond acceptors (Lipinski definition) is 5. The van der Waals surface area contributed by atoms with Crippen molar-refractivity contribution >= 4 is 29.3 Å². The molecule has 0 bridgehead atoms. The van der Waals surface area contributed by atoms with Gasteiger partial charge in [0.2, 0.25) is 0 Å². The van der Waals surface area contributed by atoms with Crippen LogP contribution in [0, 0.1) is 5.41 Å². The zero-order chi connectivity index (χ0) is 25.9. The standard InChI is InChI=1S/C26H35N3OS.C2H5NO2/c1-26(2)15-23-24(31-16-26)20-10-6-7-11-22(20)29(23)18-12-13-19(25(27)30)21(14-18)28-17-8-4-3-5-9-17;3-1-2(4)5/h12-14,17,28H,3-11,15-16H2,1-2H3,(H2,27,30);1,3H2,(H,4,5). The molecule has 6 N–H and O–H groups in total. The number of aromatic nitrogens is 1. The average molecular weight is 513 g/mol. The van der Waals surface area contributed by atoms with Crippen LogP contribution < -0.4 is 16.8 Å². The first-order valence-electron chi connectivity index (χ1n) is 13.2. The highest BCUT2D eigenvalue weighted by Crippen LogP contribution is 2.47. The van der Waals surface area contributed by atoms with Crippen LogP contribution in [0.25, 0.3) is 5.69 Å². The number of carbonyl (C=O) groups excluding carboxylic acids is 1. The van der Waals surface area contributed by atoms with Crippen LogP contribution in [-0.4, -0.2) is 39.9 Å². The van der Waals surface area contributed by atoms with Gasteiger partial charge in [-0.25, -0.2) is 0 Å². The molecule has 2 aromatic rings. The monoisotopic (exact) mass is 512 g/mol. The number of rotatable bonds is 5. The smallest absolute Gasteiger partial charge is 0.317 e. The van der Waals surface area contributed by atoms with E-state index in [0.717, 1.165) is 18.5 Å². The van der Waals surface area contributed by atoms with Crippen LogP contribution in [0.15, 0.2) is 23.1 Å². The Labute approximate surface area is 218 Å². The zero-order valence-electron chi connectivity index (χ0n) is 21.6. The molecule has 1 saturated carbocycles. The number of nitrogens with one attached hydrogen (secondary N) is 1. The number of benzene rings is 1. The Hall–Kier alpha value is -2.45. The number of anilines is 1. The van der Waals surface area contributed by atoms with Crippen LogP contribution in [-0.2, 0) is 24.1 Å². The molecule has 1 aliphatic heterocycles. The van der Waals surface area contributed by atoms with Gasteiger partial charge in [0, 0.05) is 39.5 Å². The minimum atomic E-state index is -0.968. The van der Waals surface area contributed by atoms with Gasteiger partial charge in [0.05, 0.1) is 12.1 Å². The van der Waals surface area contributed by atoms with Crippen molar-refractivity contribution in [1.29, 1.82) is 0 Å². The van der Waals surface area contributed by atoms with Crippen LogP contribution in [0.4, 0.5) is 5.69 Å². The van der Waals surface area contributed by atoms with E-state index in [0.29, 0.717) is 17.0 Å². The van der Waals surface area contributed by atoms with E-state index in [1.807, 2.05) is 6.07 Å². The van der Waals surface area contributed by atoms with Gasteiger partial charge < -0.3 is 26.5 Å². The maximum absolute atomic E-state index is 12.2. The number of carboxylic acids is 1. The van der Waals surface area contributed by atoms with Gasteiger partial charge in [0.25, 0.3) is 5.91 Å². The maximum atomic E-state index is 12.2. The predicted octanol–water partition coefficient (Wildman–Crippen LogP) is 4.90. The molecule has 7 nitrogen and oxygen atoms in total. The molecular formula is C28H40N4O3S. The van der Waals surface area contributed by atoms with Gasteiger partial charge in [-0.15, -0.1) is 11.8 Å². The van der Waals surface area contributed by atoms with E-state index >= 15 is 0 Å². The fourth-order valence-corrected chi connectivity index (χ4v) is 7.07. The van der Waals surface area contributed by atoms with Crippen molar-refractivity contribution < 1.29 is 14.7 Å². The third-order valence-electron chi connectivity index (χ3n) is 7.43. The van der Waals surface area contributed by atoms with Crippen molar-refractivity contribution in [1.82, 2.24) is 4.57 Å². The number of primary amides is 1. The SMILES string of the molecule is CC1(C)CSc2c3c(n(-c4ccc(C(N)=O)c(NC5CCCCC5)c4)c2C1)CCCC3.NCC(=O)O. The molecule has 2 aliphatic carbocycles. The lowest BCUT2D eigenvalue weighted by molar-refractivity contribution is -0.135. The Balaban J connectivity index is 0.000000556. The number of fused-ring (bicyclic) bond motifs is 3. The van der Waals surface area contributed by atoms with Crippen LogP contribution in [0.3, 0.4) is 0 Å². The molecule has 1 fully saturated rings. The zero-order valence-corrected chi connectivity index (χ0v) is 22.4. The molecule has 1 aromatic heterocycles. The second-order valence-electron chi connectivity index (χ2n) is 11.0. The summed E-state index contributed by atoms with van der Waals surface area (Å²) in [6.45, 7) is 4.48. The highest BCUT2D eigenvalue weighted by molar-refractivity contribution is 7.99. The van der Waals surface area contributed by atoms with E-state index in [2.05, 4.69) is 53.4 Å². The molecule has 0 saturated heterocycles. The lowest BCUT2D eigenvalue weighted by Gasteiger charge is -2.31. The van der Waals surface area contributed by atoms with Crippen molar-refractivity contribution in [3.8, 4) is 5.69 Å². The second-order valence-corrected chi connectivity index (χ2v) is 12.0. The fraction of sp³-hybridized carbons (Fsp3) is 0.571. The summed E-state index contributed by atoms with van der Waals surface area (Å²) in [6, 6.07) is 6.67. The van der Waals surface area contributed by atoms with Crippen molar-refractivity contribution in [3.63, 3.8) is 0 Å². The number of carboxylic acid groups (broad SMARTS) is 1. The summed E-state index contributed by atoms with van der Waals surface area (Å²) < 4.78 is 2.54. The molecule has 0 spiro atoms. The number of aliphatic carboxylic acids is 1. The molecule has 1 amide bonds. The Bertz CT molecular complexity index is 1120. The van der Waals surface area contributed by atoms with Crippen molar-refractivity contribution in [2.75, 3.05) is 17.6 Å². The van der Waals surface area contributed by atoms with Crippen LogP contribution in [0.1, 0.15) is 86.1 Å². The summed E-state index contributed by atoms with van der Waals surface area (Å²) in [5.41, 5.74) is 17.9. The van der Waals surface area contributed by atoms with E-state index in [4.69, 9.17) is 10.8 Å². The van der Waals surface area contributed by atoms with Crippen LogP contribution in [0.2, 0.25) is 0 Å². The van der Waals surface area contributed by atoms with Crippen molar-refractivity contribution in [3.05, 3.63) is 40.7 Å². The fourth-order valence-electron chi connectivity index (χ4n) is 5.71. The second kappa shape index (κ2) is 11.3. The number of thioether (sulfide) groups is 1. The van der Waals surface area contributed by atoms with Crippen molar-refractivity contribution in [2.45, 2.75) is 89.0 Å². The Kier molecular flexibility index (Phi) is 8.35. The highest BCUT2D eigenvalue weighted by Gasteiger charge is 2.34. The van der Waals surface area contributed by atoms with E-state index in [1.54, 1.807) is 5.56 Å². The minimum Gasteiger partial charge on any atom is -0.480 e. The van der Waals surface area contributed by atoms with Gasteiger partial charge >= 0.3 is 5.97 Å².